The molecule has 0 bridgehead atoms. The van der Waals surface area contributed by atoms with E-state index in [4.69, 9.17) is 5.11 Å². The van der Waals surface area contributed by atoms with E-state index in [0.29, 0.717) is 6.04 Å². The maximum atomic E-state index is 10.7. The zero-order valence-corrected chi connectivity index (χ0v) is 9.44. The van der Waals surface area contributed by atoms with E-state index in [0.717, 1.165) is 37.2 Å². The van der Waals surface area contributed by atoms with Crippen LogP contribution in [-0.4, -0.2) is 33.9 Å². The summed E-state index contributed by atoms with van der Waals surface area (Å²) < 4.78 is 1.99. The van der Waals surface area contributed by atoms with Crippen molar-refractivity contribution in [2.24, 2.45) is 0 Å². The van der Waals surface area contributed by atoms with Gasteiger partial charge in [0.05, 0.1) is 18.7 Å². The van der Waals surface area contributed by atoms with Crippen LogP contribution in [0.15, 0.2) is 6.20 Å². The molecule has 0 unspecified atom stereocenters. The second-order valence-electron chi connectivity index (χ2n) is 4.25. The van der Waals surface area contributed by atoms with Crippen LogP contribution in [0.4, 0.5) is 0 Å². The van der Waals surface area contributed by atoms with Crippen LogP contribution in [0.3, 0.4) is 0 Å². The van der Waals surface area contributed by atoms with Gasteiger partial charge in [0.25, 0.3) is 0 Å². The first-order valence-corrected chi connectivity index (χ1v) is 5.64. The molecule has 0 radical (unpaired) electrons. The first-order chi connectivity index (χ1) is 7.68. The first kappa shape index (κ1) is 11.1. The van der Waals surface area contributed by atoms with Crippen LogP contribution in [0.2, 0.25) is 0 Å². The second-order valence-corrected chi connectivity index (χ2v) is 4.25. The van der Waals surface area contributed by atoms with E-state index in [9.17, 15) is 4.79 Å². The fourth-order valence-electron chi connectivity index (χ4n) is 2.21. The Balaban J connectivity index is 2.15. The molecule has 2 N–H and O–H groups in total. The van der Waals surface area contributed by atoms with Gasteiger partial charge >= 0.3 is 5.97 Å². The fourth-order valence-corrected chi connectivity index (χ4v) is 2.21. The summed E-state index contributed by atoms with van der Waals surface area (Å²) in [6.45, 7) is 3.98. The molecule has 1 aromatic rings. The summed E-state index contributed by atoms with van der Waals surface area (Å²) in [5.74, 6) is -0.798. The van der Waals surface area contributed by atoms with Crippen molar-refractivity contribution in [1.82, 2.24) is 15.1 Å². The summed E-state index contributed by atoms with van der Waals surface area (Å²) in [6.07, 6.45) is 3.88. The number of carboxylic acid groups (broad SMARTS) is 1. The summed E-state index contributed by atoms with van der Waals surface area (Å²) in [4.78, 5) is 10.7. The number of nitrogens with zero attached hydrogens (tertiary/aromatic N) is 2. The number of hydrogen-bond acceptors (Lipinski definition) is 3. The van der Waals surface area contributed by atoms with Gasteiger partial charge in [-0.1, -0.05) is 0 Å². The van der Waals surface area contributed by atoms with Gasteiger partial charge in [-0.05, 0) is 32.9 Å². The Morgan fingerprint density at radius 2 is 2.31 bits per heavy atom. The van der Waals surface area contributed by atoms with Crippen molar-refractivity contribution in [3.05, 3.63) is 17.5 Å². The minimum absolute atomic E-state index is 0.0663. The zero-order chi connectivity index (χ0) is 11.5. The number of aromatic nitrogens is 2. The maximum absolute atomic E-state index is 10.7. The van der Waals surface area contributed by atoms with E-state index >= 15 is 0 Å². The normalized spacial score (nSPS) is 17.6. The van der Waals surface area contributed by atoms with E-state index in [1.807, 2.05) is 11.6 Å². The van der Waals surface area contributed by atoms with Crippen molar-refractivity contribution in [3.8, 4) is 0 Å². The predicted octanol–water partition coefficient (Wildman–Crippen LogP) is 0.743. The lowest BCUT2D eigenvalue weighted by atomic mass is 10.1. The van der Waals surface area contributed by atoms with Crippen molar-refractivity contribution < 1.29 is 9.90 Å². The van der Waals surface area contributed by atoms with Crippen LogP contribution in [0.25, 0.3) is 0 Å². The average Bonchev–Trinajstić information content (AvgIpc) is 2.61. The number of hydrogen-bond donors (Lipinski definition) is 2. The van der Waals surface area contributed by atoms with Crippen LogP contribution in [-0.2, 0) is 11.2 Å². The standard InChI is InChI=1S/C11H17N3O2/c1-8-9(6-11(15)16)7-13-14(8)10-2-4-12-5-3-10/h7,10,12H,2-6H2,1H3,(H,15,16). The first-order valence-electron chi connectivity index (χ1n) is 5.64. The lowest BCUT2D eigenvalue weighted by molar-refractivity contribution is -0.136. The Kier molecular flexibility index (Phi) is 3.24. The van der Waals surface area contributed by atoms with Gasteiger partial charge in [0.15, 0.2) is 0 Å². The molecule has 1 aromatic heterocycles. The zero-order valence-electron chi connectivity index (χ0n) is 9.44. The van der Waals surface area contributed by atoms with Crippen molar-refractivity contribution in [3.63, 3.8) is 0 Å². The molecule has 0 aliphatic carbocycles. The molecule has 88 valence electrons. The molecule has 1 aliphatic rings. The van der Waals surface area contributed by atoms with Crippen molar-refractivity contribution >= 4 is 5.97 Å². The van der Waals surface area contributed by atoms with Gasteiger partial charge in [-0.25, -0.2) is 0 Å². The Bertz CT molecular complexity index is 381. The maximum Gasteiger partial charge on any atom is 0.307 e. The quantitative estimate of drug-likeness (QED) is 0.793. The van der Waals surface area contributed by atoms with Crippen LogP contribution >= 0.6 is 0 Å². The summed E-state index contributed by atoms with van der Waals surface area (Å²) >= 11 is 0. The largest absolute Gasteiger partial charge is 0.481 e. The van der Waals surface area contributed by atoms with E-state index in [1.54, 1.807) is 6.20 Å². The molecule has 0 saturated carbocycles. The second kappa shape index (κ2) is 4.65. The van der Waals surface area contributed by atoms with Crippen LogP contribution in [0.5, 0.6) is 0 Å². The van der Waals surface area contributed by atoms with Crippen molar-refractivity contribution in [2.75, 3.05) is 13.1 Å². The smallest absolute Gasteiger partial charge is 0.307 e. The lowest BCUT2D eigenvalue weighted by Crippen LogP contribution is -2.30. The highest BCUT2D eigenvalue weighted by Gasteiger charge is 2.19. The molecule has 0 spiro atoms. The Hall–Kier alpha value is -1.36. The highest BCUT2D eigenvalue weighted by Crippen LogP contribution is 2.21. The number of nitrogens with one attached hydrogen (secondary N) is 1. The summed E-state index contributed by atoms with van der Waals surface area (Å²) in [5, 5.41) is 16.4. The molecule has 1 fully saturated rings. The predicted molar refractivity (Wildman–Crippen MR) is 59.4 cm³/mol. The molecule has 16 heavy (non-hydrogen) atoms. The summed E-state index contributed by atoms with van der Waals surface area (Å²) in [5.41, 5.74) is 1.82. The molecule has 5 heteroatoms. The topological polar surface area (TPSA) is 67.1 Å². The average molecular weight is 223 g/mol. The molecular formula is C11H17N3O2. The molecule has 1 aliphatic heterocycles. The van der Waals surface area contributed by atoms with E-state index in [1.165, 1.54) is 0 Å². The SMILES string of the molecule is Cc1c(CC(=O)O)cnn1C1CCNCC1. The van der Waals surface area contributed by atoms with Crippen LogP contribution < -0.4 is 5.32 Å². The number of carboxylic acids is 1. The Labute approximate surface area is 94.5 Å². The molecule has 0 amide bonds. The highest BCUT2D eigenvalue weighted by atomic mass is 16.4. The van der Waals surface area contributed by atoms with E-state index < -0.39 is 5.97 Å². The minimum Gasteiger partial charge on any atom is -0.481 e. The summed E-state index contributed by atoms with van der Waals surface area (Å²) in [7, 11) is 0. The van der Waals surface area contributed by atoms with Gasteiger partial charge in [-0.2, -0.15) is 5.10 Å². The minimum atomic E-state index is -0.798. The lowest BCUT2D eigenvalue weighted by Gasteiger charge is -2.24. The van der Waals surface area contributed by atoms with Crippen molar-refractivity contribution in [1.29, 1.82) is 0 Å². The third-order valence-electron chi connectivity index (χ3n) is 3.14. The third kappa shape index (κ3) is 2.24. The molecule has 0 aromatic carbocycles. The highest BCUT2D eigenvalue weighted by molar-refractivity contribution is 5.70. The number of aliphatic carboxylic acids is 1. The fraction of sp³-hybridized carbons (Fsp3) is 0.636. The molecule has 0 atom stereocenters. The summed E-state index contributed by atoms with van der Waals surface area (Å²) in [6, 6.07) is 0.420. The van der Waals surface area contributed by atoms with Gasteiger partial charge in [-0.3, -0.25) is 9.48 Å². The van der Waals surface area contributed by atoms with Crippen LogP contribution in [0, 0.1) is 6.92 Å². The monoisotopic (exact) mass is 223 g/mol. The van der Waals surface area contributed by atoms with Crippen LogP contribution in [0.1, 0.15) is 30.1 Å². The van der Waals surface area contributed by atoms with Gasteiger partial charge in [0.2, 0.25) is 0 Å². The number of rotatable bonds is 3. The van der Waals surface area contributed by atoms with Gasteiger partial charge < -0.3 is 10.4 Å². The van der Waals surface area contributed by atoms with Gasteiger partial charge in [0, 0.05) is 11.3 Å². The van der Waals surface area contributed by atoms with E-state index in [2.05, 4.69) is 10.4 Å². The third-order valence-corrected chi connectivity index (χ3v) is 3.14. The molecular weight excluding hydrogens is 206 g/mol. The molecule has 2 rings (SSSR count). The van der Waals surface area contributed by atoms with Gasteiger partial charge in [0.1, 0.15) is 0 Å². The van der Waals surface area contributed by atoms with E-state index in [-0.39, 0.29) is 6.42 Å². The van der Waals surface area contributed by atoms with Crippen molar-refractivity contribution in [2.45, 2.75) is 32.2 Å². The molecule has 1 saturated heterocycles. The molecule has 5 nitrogen and oxygen atoms in total. The Morgan fingerprint density at radius 3 is 2.94 bits per heavy atom. The molecule has 2 heterocycles. The Morgan fingerprint density at radius 1 is 1.62 bits per heavy atom. The van der Waals surface area contributed by atoms with Gasteiger partial charge in [-0.15, -0.1) is 0 Å². The number of carbonyl (C=O) groups is 1. The number of piperidine rings is 1.